The van der Waals surface area contributed by atoms with Gasteiger partial charge in [0, 0.05) is 5.56 Å². The second-order valence-corrected chi connectivity index (χ2v) is 10.7. The van der Waals surface area contributed by atoms with Crippen molar-refractivity contribution in [3.8, 4) is 22.1 Å². The molecule has 9 nitrogen and oxygen atoms in total. The zero-order chi connectivity index (χ0) is 28.8. The molecule has 41 heavy (non-hydrogen) atoms. The molecule has 5 aromatic rings. The molecule has 3 aromatic carbocycles. The van der Waals surface area contributed by atoms with E-state index in [4.69, 9.17) is 9.47 Å². The molecule has 0 saturated carbocycles. The number of methoxy groups -OCH3 is 2. The SMILES string of the molecule is COc1ccc(C2C(C(=O)c3sc(-c4ccccc4)nc3C)=C(O)C(=O)N2c2nc3ccc(C)cc3[nH]2)cc1OC. The van der Waals surface area contributed by atoms with Crippen LogP contribution in [0.15, 0.2) is 78.1 Å². The summed E-state index contributed by atoms with van der Waals surface area (Å²) in [5.74, 6) is -0.762. The van der Waals surface area contributed by atoms with Crippen molar-refractivity contribution in [2.45, 2.75) is 19.9 Å². The predicted octanol–water partition coefficient (Wildman–Crippen LogP) is 6.10. The maximum atomic E-state index is 14.2. The lowest BCUT2D eigenvalue weighted by Crippen LogP contribution is -2.32. The van der Waals surface area contributed by atoms with Gasteiger partial charge in [-0.3, -0.25) is 14.5 Å². The van der Waals surface area contributed by atoms with Crippen LogP contribution in [-0.4, -0.2) is 46.0 Å². The molecule has 0 fully saturated rings. The summed E-state index contributed by atoms with van der Waals surface area (Å²) in [5.41, 5.74) is 4.24. The number of aromatic nitrogens is 3. The van der Waals surface area contributed by atoms with Gasteiger partial charge in [0.25, 0.3) is 5.91 Å². The van der Waals surface area contributed by atoms with Gasteiger partial charge in [-0.15, -0.1) is 11.3 Å². The fourth-order valence-corrected chi connectivity index (χ4v) is 6.08. The average molecular weight is 567 g/mol. The quantitative estimate of drug-likeness (QED) is 0.229. The van der Waals surface area contributed by atoms with Gasteiger partial charge >= 0.3 is 0 Å². The number of nitrogens with zero attached hydrogens (tertiary/aromatic N) is 3. The fraction of sp³-hybridized carbons (Fsp3) is 0.161. The van der Waals surface area contributed by atoms with E-state index in [9.17, 15) is 14.7 Å². The number of nitrogens with one attached hydrogen (secondary N) is 1. The van der Waals surface area contributed by atoms with E-state index in [2.05, 4.69) is 15.0 Å². The van der Waals surface area contributed by atoms with E-state index in [1.165, 1.54) is 30.5 Å². The minimum atomic E-state index is -1.00. The predicted molar refractivity (Wildman–Crippen MR) is 157 cm³/mol. The van der Waals surface area contributed by atoms with Gasteiger partial charge in [0.05, 0.1) is 47.4 Å². The molecule has 1 unspecified atom stereocenters. The molecule has 0 radical (unpaired) electrons. The molecular formula is C31H26N4O5S. The highest BCUT2D eigenvalue weighted by Gasteiger charge is 2.47. The van der Waals surface area contributed by atoms with E-state index in [0.717, 1.165) is 16.6 Å². The maximum absolute atomic E-state index is 14.2. The number of aliphatic hydroxyl groups excluding tert-OH is 1. The Balaban J connectivity index is 1.51. The Bertz CT molecular complexity index is 1860. The molecule has 0 saturated heterocycles. The number of rotatable bonds is 7. The second-order valence-electron chi connectivity index (χ2n) is 9.66. The van der Waals surface area contributed by atoms with E-state index >= 15 is 0 Å². The zero-order valence-corrected chi connectivity index (χ0v) is 23.6. The minimum absolute atomic E-state index is 0.0646. The van der Waals surface area contributed by atoms with Gasteiger partial charge in [-0.05, 0) is 49.2 Å². The van der Waals surface area contributed by atoms with E-state index < -0.39 is 23.5 Å². The summed E-state index contributed by atoms with van der Waals surface area (Å²) in [7, 11) is 3.03. The van der Waals surface area contributed by atoms with Crippen molar-refractivity contribution in [3.63, 3.8) is 0 Å². The van der Waals surface area contributed by atoms with Gasteiger partial charge in [0.1, 0.15) is 5.01 Å². The van der Waals surface area contributed by atoms with Crippen molar-refractivity contribution in [2.75, 3.05) is 19.1 Å². The average Bonchev–Trinajstić information content (AvgIpc) is 3.66. The van der Waals surface area contributed by atoms with Crippen LogP contribution in [0.5, 0.6) is 11.5 Å². The number of aromatic amines is 1. The molecule has 1 aliphatic rings. The monoisotopic (exact) mass is 566 g/mol. The number of carbonyl (C=O) groups is 2. The number of imidazole rings is 1. The summed E-state index contributed by atoms with van der Waals surface area (Å²) in [6.45, 7) is 3.70. The Morgan fingerprint density at radius 1 is 0.976 bits per heavy atom. The first-order chi connectivity index (χ1) is 19.8. The third kappa shape index (κ3) is 4.42. The Morgan fingerprint density at radius 2 is 1.73 bits per heavy atom. The van der Waals surface area contributed by atoms with Crippen LogP contribution in [0.1, 0.15) is 32.5 Å². The summed E-state index contributed by atoms with van der Waals surface area (Å²) < 4.78 is 10.9. The van der Waals surface area contributed by atoms with Gasteiger partial charge in [-0.2, -0.15) is 0 Å². The maximum Gasteiger partial charge on any atom is 0.296 e. The minimum Gasteiger partial charge on any atom is -0.503 e. The van der Waals surface area contributed by atoms with Crippen LogP contribution in [0.25, 0.3) is 21.6 Å². The van der Waals surface area contributed by atoms with Crippen molar-refractivity contribution in [1.82, 2.24) is 15.0 Å². The number of aliphatic hydroxyl groups is 1. The first kappa shape index (κ1) is 26.3. The van der Waals surface area contributed by atoms with Crippen LogP contribution in [0.3, 0.4) is 0 Å². The molecule has 1 amide bonds. The first-order valence-electron chi connectivity index (χ1n) is 12.8. The zero-order valence-electron chi connectivity index (χ0n) is 22.8. The van der Waals surface area contributed by atoms with Crippen molar-refractivity contribution in [1.29, 1.82) is 0 Å². The Kier molecular flexibility index (Phi) is 6.55. The fourth-order valence-electron chi connectivity index (χ4n) is 5.05. The first-order valence-corrected chi connectivity index (χ1v) is 13.6. The Labute approximate surface area is 239 Å². The Morgan fingerprint density at radius 3 is 2.46 bits per heavy atom. The van der Waals surface area contributed by atoms with E-state index in [-0.39, 0.29) is 11.5 Å². The number of fused-ring (bicyclic) bond motifs is 1. The lowest BCUT2D eigenvalue weighted by Gasteiger charge is -2.25. The lowest BCUT2D eigenvalue weighted by atomic mass is 9.95. The normalized spacial score (nSPS) is 15.2. The number of carbonyl (C=O) groups excluding carboxylic acids is 2. The largest absolute Gasteiger partial charge is 0.503 e. The molecule has 6 rings (SSSR count). The second kappa shape index (κ2) is 10.2. The van der Waals surface area contributed by atoms with Crippen molar-refractivity contribution in [3.05, 3.63) is 99.8 Å². The van der Waals surface area contributed by atoms with Gasteiger partial charge in [-0.25, -0.2) is 9.97 Å². The molecule has 2 aromatic heterocycles. The van der Waals surface area contributed by atoms with Gasteiger partial charge in [-0.1, -0.05) is 42.5 Å². The van der Waals surface area contributed by atoms with Crippen LogP contribution in [0.4, 0.5) is 5.95 Å². The smallest absolute Gasteiger partial charge is 0.296 e. The van der Waals surface area contributed by atoms with Gasteiger partial charge in [0.15, 0.2) is 17.3 Å². The van der Waals surface area contributed by atoms with Crippen molar-refractivity contribution >= 4 is 40.0 Å². The number of amides is 1. The number of H-pyrrole nitrogens is 1. The van der Waals surface area contributed by atoms with Crippen LogP contribution in [-0.2, 0) is 4.79 Å². The molecular weight excluding hydrogens is 540 g/mol. The number of aryl methyl sites for hydroxylation is 2. The number of anilines is 1. The van der Waals surface area contributed by atoms with Crippen LogP contribution >= 0.6 is 11.3 Å². The van der Waals surface area contributed by atoms with Gasteiger partial charge < -0.3 is 19.6 Å². The van der Waals surface area contributed by atoms with Crippen molar-refractivity contribution < 1.29 is 24.2 Å². The molecule has 2 N–H and O–H groups in total. The Hall–Kier alpha value is -4.96. The van der Waals surface area contributed by atoms with Gasteiger partial charge in [0.2, 0.25) is 11.7 Å². The van der Waals surface area contributed by atoms with Crippen LogP contribution < -0.4 is 14.4 Å². The number of benzene rings is 3. The number of hydrogen-bond donors (Lipinski definition) is 2. The standard InChI is InChI=1S/C31H26N4O5S/c1-16-10-12-20-21(14-16)34-31(33-20)35-25(19-11-13-22(39-3)23(15-19)40-4)24(27(37)30(35)38)26(36)28-17(2)32-29(41-28)18-8-6-5-7-9-18/h5-15,25,37H,1-4H3,(H,33,34). The summed E-state index contributed by atoms with van der Waals surface area (Å²) in [5, 5.41) is 11.9. The summed E-state index contributed by atoms with van der Waals surface area (Å²) in [6.07, 6.45) is 0. The van der Waals surface area contributed by atoms with Crippen LogP contribution in [0.2, 0.25) is 0 Å². The highest BCUT2D eigenvalue weighted by atomic mass is 32.1. The number of thiazole rings is 1. The summed E-state index contributed by atoms with van der Waals surface area (Å²) >= 11 is 1.22. The molecule has 0 spiro atoms. The van der Waals surface area contributed by atoms with Crippen LogP contribution in [0, 0.1) is 13.8 Å². The number of ketones is 1. The topological polar surface area (TPSA) is 118 Å². The number of Topliss-reactive ketones (excluding diaryl/α,β-unsaturated/α-hetero) is 1. The summed E-state index contributed by atoms with van der Waals surface area (Å²) in [6, 6.07) is 19.4. The van der Waals surface area contributed by atoms with E-state index in [1.54, 1.807) is 25.1 Å². The van der Waals surface area contributed by atoms with E-state index in [1.807, 2.05) is 55.5 Å². The molecule has 0 bridgehead atoms. The third-order valence-corrected chi connectivity index (χ3v) is 8.26. The lowest BCUT2D eigenvalue weighted by molar-refractivity contribution is -0.117. The highest BCUT2D eigenvalue weighted by molar-refractivity contribution is 7.17. The highest BCUT2D eigenvalue weighted by Crippen LogP contribution is 2.44. The van der Waals surface area contributed by atoms with E-state index in [0.29, 0.717) is 38.2 Å². The summed E-state index contributed by atoms with van der Waals surface area (Å²) in [4.78, 5) is 42.0. The number of ether oxygens (including phenoxy) is 2. The molecule has 1 aliphatic heterocycles. The number of hydrogen-bond acceptors (Lipinski definition) is 8. The molecule has 206 valence electrons. The third-order valence-electron chi connectivity index (χ3n) is 7.05. The molecule has 0 aliphatic carbocycles. The molecule has 1 atom stereocenters. The van der Waals surface area contributed by atoms with Crippen molar-refractivity contribution in [2.24, 2.45) is 0 Å². The molecule has 10 heteroatoms. The molecule has 3 heterocycles.